The van der Waals surface area contributed by atoms with E-state index in [2.05, 4.69) is 22.5 Å². The molecular weight excluding hydrogens is 257 g/mol. The SMILES string of the molecule is CC1(NCc2coc(-c3ccc(F)cc3)n2)CCNC1. The van der Waals surface area contributed by atoms with Gasteiger partial charge in [0.25, 0.3) is 0 Å². The number of oxazole rings is 1. The third-order valence-electron chi connectivity index (χ3n) is 3.71. The second-order valence-electron chi connectivity index (χ2n) is 5.49. The molecule has 3 rings (SSSR count). The molecule has 4 nitrogen and oxygen atoms in total. The quantitative estimate of drug-likeness (QED) is 0.899. The highest BCUT2D eigenvalue weighted by molar-refractivity contribution is 5.52. The number of nitrogens with zero attached hydrogens (tertiary/aromatic N) is 1. The molecule has 0 spiro atoms. The summed E-state index contributed by atoms with van der Waals surface area (Å²) in [6.45, 7) is 4.88. The van der Waals surface area contributed by atoms with E-state index in [1.54, 1.807) is 18.4 Å². The van der Waals surface area contributed by atoms with Crippen LogP contribution in [0.3, 0.4) is 0 Å². The Morgan fingerprint density at radius 3 is 2.90 bits per heavy atom. The predicted octanol–water partition coefficient (Wildman–Crippen LogP) is 2.32. The largest absolute Gasteiger partial charge is 0.444 e. The molecule has 20 heavy (non-hydrogen) atoms. The molecule has 0 saturated carbocycles. The Kier molecular flexibility index (Phi) is 3.54. The number of nitrogens with one attached hydrogen (secondary N) is 2. The average Bonchev–Trinajstić information content (AvgIpc) is 3.07. The van der Waals surface area contributed by atoms with E-state index >= 15 is 0 Å². The van der Waals surface area contributed by atoms with Crippen molar-refractivity contribution in [1.82, 2.24) is 15.6 Å². The van der Waals surface area contributed by atoms with Crippen LogP contribution in [-0.4, -0.2) is 23.6 Å². The summed E-state index contributed by atoms with van der Waals surface area (Å²) in [6, 6.07) is 6.15. The van der Waals surface area contributed by atoms with Crippen LogP contribution in [0.25, 0.3) is 11.5 Å². The lowest BCUT2D eigenvalue weighted by Gasteiger charge is -2.23. The molecule has 0 amide bonds. The van der Waals surface area contributed by atoms with Gasteiger partial charge in [-0.3, -0.25) is 0 Å². The molecule has 1 fully saturated rings. The molecule has 1 aromatic heterocycles. The molecule has 0 aliphatic carbocycles. The van der Waals surface area contributed by atoms with Crippen molar-refractivity contribution in [2.45, 2.75) is 25.4 Å². The third kappa shape index (κ3) is 2.89. The van der Waals surface area contributed by atoms with Crippen molar-refractivity contribution in [2.75, 3.05) is 13.1 Å². The lowest BCUT2D eigenvalue weighted by Crippen LogP contribution is -2.43. The van der Waals surface area contributed by atoms with Gasteiger partial charge in [-0.15, -0.1) is 0 Å². The van der Waals surface area contributed by atoms with E-state index in [1.165, 1.54) is 12.1 Å². The fraction of sp³-hybridized carbons (Fsp3) is 0.400. The van der Waals surface area contributed by atoms with Crippen LogP contribution in [0.1, 0.15) is 19.0 Å². The minimum atomic E-state index is -0.260. The number of halogens is 1. The van der Waals surface area contributed by atoms with Gasteiger partial charge in [0.2, 0.25) is 5.89 Å². The van der Waals surface area contributed by atoms with Gasteiger partial charge in [0.15, 0.2) is 0 Å². The van der Waals surface area contributed by atoms with Crippen LogP contribution in [0.4, 0.5) is 4.39 Å². The van der Waals surface area contributed by atoms with Crippen LogP contribution in [0.15, 0.2) is 34.9 Å². The van der Waals surface area contributed by atoms with E-state index in [0.717, 1.165) is 30.8 Å². The second kappa shape index (κ2) is 5.34. The zero-order valence-corrected chi connectivity index (χ0v) is 11.4. The van der Waals surface area contributed by atoms with Crippen molar-refractivity contribution in [2.24, 2.45) is 0 Å². The molecular formula is C15H18FN3O. The van der Waals surface area contributed by atoms with E-state index in [0.29, 0.717) is 12.4 Å². The summed E-state index contributed by atoms with van der Waals surface area (Å²) in [5.74, 6) is 0.264. The van der Waals surface area contributed by atoms with Crippen molar-refractivity contribution in [3.05, 3.63) is 42.0 Å². The zero-order chi connectivity index (χ0) is 14.0. The summed E-state index contributed by atoms with van der Waals surface area (Å²) in [6.07, 6.45) is 2.76. The molecule has 2 N–H and O–H groups in total. The van der Waals surface area contributed by atoms with E-state index < -0.39 is 0 Å². The minimum Gasteiger partial charge on any atom is -0.444 e. The van der Waals surface area contributed by atoms with E-state index in [-0.39, 0.29) is 11.4 Å². The van der Waals surface area contributed by atoms with Crippen LogP contribution in [-0.2, 0) is 6.54 Å². The van der Waals surface area contributed by atoms with E-state index in [1.807, 2.05) is 0 Å². The molecule has 1 atom stereocenters. The van der Waals surface area contributed by atoms with Gasteiger partial charge >= 0.3 is 0 Å². The maximum absolute atomic E-state index is 12.9. The van der Waals surface area contributed by atoms with Gasteiger partial charge in [-0.1, -0.05) is 0 Å². The van der Waals surface area contributed by atoms with Crippen molar-refractivity contribution in [3.63, 3.8) is 0 Å². The lowest BCUT2D eigenvalue weighted by atomic mass is 10.0. The fourth-order valence-electron chi connectivity index (χ4n) is 2.38. The summed E-state index contributed by atoms with van der Waals surface area (Å²) < 4.78 is 18.3. The van der Waals surface area contributed by atoms with Crippen LogP contribution in [0, 0.1) is 5.82 Å². The Balaban J connectivity index is 1.66. The van der Waals surface area contributed by atoms with Crippen molar-refractivity contribution in [1.29, 1.82) is 0 Å². The molecule has 1 unspecified atom stereocenters. The Morgan fingerprint density at radius 1 is 1.40 bits per heavy atom. The summed E-state index contributed by atoms with van der Waals surface area (Å²) in [4.78, 5) is 4.43. The minimum absolute atomic E-state index is 0.120. The summed E-state index contributed by atoms with van der Waals surface area (Å²) in [5, 5.41) is 6.85. The topological polar surface area (TPSA) is 50.1 Å². The van der Waals surface area contributed by atoms with E-state index in [4.69, 9.17) is 4.42 Å². The smallest absolute Gasteiger partial charge is 0.226 e. The summed E-state index contributed by atoms with van der Waals surface area (Å²) >= 11 is 0. The molecule has 1 aromatic carbocycles. The Labute approximate surface area is 117 Å². The molecule has 2 heterocycles. The van der Waals surface area contributed by atoms with Crippen molar-refractivity contribution < 1.29 is 8.81 Å². The average molecular weight is 275 g/mol. The van der Waals surface area contributed by atoms with Gasteiger partial charge in [-0.05, 0) is 44.2 Å². The molecule has 5 heteroatoms. The standard InChI is InChI=1S/C15H18FN3O/c1-15(6-7-17-10-15)18-8-13-9-20-14(19-13)11-2-4-12(16)5-3-11/h2-5,9,17-18H,6-8,10H2,1H3. The van der Waals surface area contributed by atoms with Crippen LogP contribution < -0.4 is 10.6 Å². The second-order valence-corrected chi connectivity index (χ2v) is 5.49. The van der Waals surface area contributed by atoms with Crippen LogP contribution in [0.5, 0.6) is 0 Å². The first-order chi connectivity index (χ1) is 9.65. The first kappa shape index (κ1) is 13.3. The fourth-order valence-corrected chi connectivity index (χ4v) is 2.38. The first-order valence-corrected chi connectivity index (χ1v) is 6.81. The zero-order valence-electron chi connectivity index (χ0n) is 11.4. The number of hydrogen-bond donors (Lipinski definition) is 2. The van der Waals surface area contributed by atoms with Crippen LogP contribution >= 0.6 is 0 Å². The lowest BCUT2D eigenvalue weighted by molar-refractivity contribution is 0.383. The monoisotopic (exact) mass is 275 g/mol. The summed E-state index contributed by atoms with van der Waals surface area (Å²) in [5.41, 5.74) is 1.76. The van der Waals surface area contributed by atoms with Gasteiger partial charge in [0.05, 0.1) is 5.69 Å². The van der Waals surface area contributed by atoms with Crippen molar-refractivity contribution in [3.8, 4) is 11.5 Å². The van der Waals surface area contributed by atoms with Gasteiger partial charge in [0.1, 0.15) is 12.1 Å². The molecule has 1 saturated heterocycles. The molecule has 1 aliphatic heterocycles. The maximum Gasteiger partial charge on any atom is 0.226 e. The first-order valence-electron chi connectivity index (χ1n) is 6.81. The van der Waals surface area contributed by atoms with Crippen molar-refractivity contribution >= 4 is 0 Å². The van der Waals surface area contributed by atoms with E-state index in [9.17, 15) is 4.39 Å². The normalized spacial score (nSPS) is 22.3. The highest BCUT2D eigenvalue weighted by Gasteiger charge is 2.27. The summed E-state index contributed by atoms with van der Waals surface area (Å²) in [7, 11) is 0. The Bertz CT molecular complexity index is 573. The van der Waals surface area contributed by atoms with Gasteiger partial charge in [0, 0.05) is 24.2 Å². The number of hydrogen-bond acceptors (Lipinski definition) is 4. The van der Waals surface area contributed by atoms with Gasteiger partial charge < -0.3 is 15.1 Å². The number of rotatable bonds is 4. The Hall–Kier alpha value is -1.72. The number of aromatic nitrogens is 1. The third-order valence-corrected chi connectivity index (χ3v) is 3.71. The molecule has 0 bridgehead atoms. The Morgan fingerprint density at radius 2 is 2.20 bits per heavy atom. The number of benzene rings is 1. The highest BCUT2D eigenvalue weighted by Crippen LogP contribution is 2.20. The molecule has 0 radical (unpaired) electrons. The van der Waals surface area contributed by atoms with Gasteiger partial charge in [-0.25, -0.2) is 9.37 Å². The molecule has 2 aromatic rings. The highest BCUT2D eigenvalue weighted by atomic mass is 19.1. The molecule has 1 aliphatic rings. The maximum atomic E-state index is 12.9. The molecule has 106 valence electrons. The van der Waals surface area contributed by atoms with Gasteiger partial charge in [-0.2, -0.15) is 0 Å². The predicted molar refractivity (Wildman–Crippen MR) is 74.6 cm³/mol. The van der Waals surface area contributed by atoms with Crippen LogP contribution in [0.2, 0.25) is 0 Å².